The van der Waals surface area contributed by atoms with Gasteiger partial charge in [0.2, 0.25) is 0 Å². The highest BCUT2D eigenvalue weighted by molar-refractivity contribution is 6.63. The SMILES string of the molecule is CC(=O)C(=Nc1ccccc1C)C(=O)O. The molecule has 0 aromatic heterocycles. The summed E-state index contributed by atoms with van der Waals surface area (Å²) in [6.07, 6.45) is 0. The molecule has 0 fully saturated rings. The topological polar surface area (TPSA) is 66.7 Å². The van der Waals surface area contributed by atoms with E-state index >= 15 is 0 Å². The summed E-state index contributed by atoms with van der Waals surface area (Å²) in [6, 6.07) is 7.04. The number of carbonyl (C=O) groups is 2. The molecule has 0 saturated heterocycles. The van der Waals surface area contributed by atoms with Gasteiger partial charge in [0.1, 0.15) is 0 Å². The number of aryl methyl sites for hydroxylation is 1. The molecular weight excluding hydrogens is 194 g/mol. The van der Waals surface area contributed by atoms with Crippen LogP contribution in [-0.4, -0.2) is 22.6 Å². The molecule has 15 heavy (non-hydrogen) atoms. The Bertz CT molecular complexity index is 419. The van der Waals surface area contributed by atoms with Crippen molar-refractivity contribution in [2.45, 2.75) is 13.8 Å². The number of ketones is 1. The van der Waals surface area contributed by atoms with E-state index in [9.17, 15) is 9.59 Å². The average molecular weight is 205 g/mol. The molecule has 1 aromatic carbocycles. The fraction of sp³-hybridized carbons (Fsp3) is 0.182. The van der Waals surface area contributed by atoms with E-state index in [2.05, 4.69) is 4.99 Å². The maximum absolute atomic E-state index is 11.0. The van der Waals surface area contributed by atoms with Gasteiger partial charge < -0.3 is 5.11 Å². The van der Waals surface area contributed by atoms with Crippen LogP contribution in [0.25, 0.3) is 0 Å². The summed E-state index contributed by atoms with van der Waals surface area (Å²) < 4.78 is 0. The molecule has 1 rings (SSSR count). The molecule has 0 atom stereocenters. The molecular formula is C11H11NO3. The van der Waals surface area contributed by atoms with Crippen molar-refractivity contribution in [3.8, 4) is 0 Å². The van der Waals surface area contributed by atoms with Gasteiger partial charge in [-0.05, 0) is 18.6 Å². The second kappa shape index (κ2) is 4.50. The number of hydrogen-bond donors (Lipinski definition) is 1. The van der Waals surface area contributed by atoms with Gasteiger partial charge in [0.05, 0.1) is 5.69 Å². The summed E-state index contributed by atoms with van der Waals surface area (Å²) in [7, 11) is 0. The van der Waals surface area contributed by atoms with Gasteiger partial charge in [0.25, 0.3) is 0 Å². The van der Waals surface area contributed by atoms with E-state index in [-0.39, 0.29) is 0 Å². The highest BCUT2D eigenvalue weighted by Gasteiger charge is 2.15. The highest BCUT2D eigenvalue weighted by atomic mass is 16.4. The van der Waals surface area contributed by atoms with Gasteiger partial charge in [-0.15, -0.1) is 0 Å². The molecule has 0 aliphatic heterocycles. The standard InChI is InChI=1S/C11H11NO3/c1-7-5-3-4-6-9(7)12-10(8(2)13)11(14)15/h3-6H,1-2H3,(H,14,15). The molecule has 0 aliphatic rings. The summed E-state index contributed by atoms with van der Waals surface area (Å²) in [5, 5.41) is 8.74. The third-order valence-electron chi connectivity index (χ3n) is 1.88. The lowest BCUT2D eigenvalue weighted by atomic mass is 10.2. The molecule has 0 saturated carbocycles. The van der Waals surface area contributed by atoms with Gasteiger partial charge in [-0.2, -0.15) is 0 Å². The summed E-state index contributed by atoms with van der Waals surface area (Å²) in [5.74, 6) is -1.85. The third kappa shape index (κ3) is 2.74. The van der Waals surface area contributed by atoms with Crippen LogP contribution in [0.2, 0.25) is 0 Å². The molecule has 1 aromatic rings. The van der Waals surface area contributed by atoms with Crippen LogP contribution in [0.5, 0.6) is 0 Å². The Morgan fingerprint density at radius 3 is 2.33 bits per heavy atom. The molecule has 78 valence electrons. The molecule has 0 spiro atoms. The zero-order valence-corrected chi connectivity index (χ0v) is 8.52. The van der Waals surface area contributed by atoms with Crippen molar-refractivity contribution in [3.63, 3.8) is 0 Å². The van der Waals surface area contributed by atoms with Crippen LogP contribution in [0.15, 0.2) is 29.3 Å². The third-order valence-corrected chi connectivity index (χ3v) is 1.88. The molecule has 0 bridgehead atoms. The van der Waals surface area contributed by atoms with Crippen LogP contribution >= 0.6 is 0 Å². The first kappa shape index (κ1) is 11.1. The number of nitrogens with zero attached hydrogens (tertiary/aromatic N) is 1. The first-order valence-corrected chi connectivity index (χ1v) is 4.41. The highest BCUT2D eigenvalue weighted by Crippen LogP contribution is 2.17. The Morgan fingerprint density at radius 2 is 1.87 bits per heavy atom. The Kier molecular flexibility index (Phi) is 3.33. The lowest BCUT2D eigenvalue weighted by Crippen LogP contribution is -2.20. The van der Waals surface area contributed by atoms with Gasteiger partial charge in [0.15, 0.2) is 11.5 Å². The van der Waals surface area contributed by atoms with E-state index in [1.165, 1.54) is 6.92 Å². The zero-order valence-electron chi connectivity index (χ0n) is 8.52. The van der Waals surface area contributed by atoms with Crippen molar-refractivity contribution in [3.05, 3.63) is 29.8 Å². The smallest absolute Gasteiger partial charge is 0.358 e. The van der Waals surface area contributed by atoms with Crippen LogP contribution in [0.3, 0.4) is 0 Å². The molecule has 0 heterocycles. The van der Waals surface area contributed by atoms with Gasteiger partial charge in [-0.1, -0.05) is 18.2 Å². The van der Waals surface area contributed by atoms with E-state index in [1.807, 2.05) is 6.07 Å². The largest absolute Gasteiger partial charge is 0.476 e. The lowest BCUT2D eigenvalue weighted by Gasteiger charge is -2.00. The van der Waals surface area contributed by atoms with Gasteiger partial charge in [-0.3, -0.25) is 4.79 Å². The number of aliphatic carboxylic acids is 1. The van der Waals surface area contributed by atoms with Gasteiger partial charge in [-0.25, -0.2) is 9.79 Å². The second-order valence-electron chi connectivity index (χ2n) is 3.11. The molecule has 0 aliphatic carbocycles. The van der Waals surface area contributed by atoms with E-state index in [4.69, 9.17) is 5.11 Å². The summed E-state index contributed by atoms with van der Waals surface area (Å²) in [6.45, 7) is 2.99. The van der Waals surface area contributed by atoms with Crippen LogP contribution in [0.1, 0.15) is 12.5 Å². The quantitative estimate of drug-likeness (QED) is 0.603. The maximum atomic E-state index is 11.0. The lowest BCUT2D eigenvalue weighted by molar-refractivity contribution is -0.130. The Balaban J connectivity index is 3.19. The van der Waals surface area contributed by atoms with Crippen molar-refractivity contribution in [2.24, 2.45) is 4.99 Å². The van der Waals surface area contributed by atoms with E-state index < -0.39 is 17.5 Å². The molecule has 4 heteroatoms. The minimum atomic E-state index is -1.30. The first-order valence-electron chi connectivity index (χ1n) is 4.41. The zero-order chi connectivity index (χ0) is 11.4. The number of aliphatic imine (C=N–C) groups is 1. The predicted octanol–water partition coefficient (Wildman–Crippen LogP) is 1.74. The number of benzene rings is 1. The van der Waals surface area contributed by atoms with Gasteiger partial charge >= 0.3 is 5.97 Å². The Hall–Kier alpha value is -1.97. The van der Waals surface area contributed by atoms with Crippen LogP contribution in [-0.2, 0) is 9.59 Å². The number of hydrogen-bond acceptors (Lipinski definition) is 3. The van der Waals surface area contributed by atoms with Gasteiger partial charge in [0, 0.05) is 6.92 Å². The second-order valence-corrected chi connectivity index (χ2v) is 3.11. The average Bonchev–Trinajstić information content (AvgIpc) is 2.15. The molecule has 0 unspecified atom stereocenters. The summed E-state index contributed by atoms with van der Waals surface area (Å²) >= 11 is 0. The predicted molar refractivity (Wildman–Crippen MR) is 56.6 cm³/mol. The number of carboxylic acids is 1. The maximum Gasteiger partial charge on any atom is 0.358 e. The Morgan fingerprint density at radius 1 is 1.27 bits per heavy atom. The number of rotatable bonds is 3. The van der Waals surface area contributed by atoms with Crippen molar-refractivity contribution in [2.75, 3.05) is 0 Å². The number of para-hydroxylation sites is 1. The summed E-state index contributed by atoms with van der Waals surface area (Å²) in [4.78, 5) is 25.5. The fourth-order valence-corrected chi connectivity index (χ4v) is 1.09. The van der Waals surface area contributed by atoms with Crippen molar-refractivity contribution in [1.82, 2.24) is 0 Å². The normalized spacial score (nSPS) is 11.2. The van der Waals surface area contributed by atoms with Crippen LogP contribution in [0.4, 0.5) is 5.69 Å². The van der Waals surface area contributed by atoms with Crippen molar-refractivity contribution < 1.29 is 14.7 Å². The molecule has 1 N–H and O–H groups in total. The fourth-order valence-electron chi connectivity index (χ4n) is 1.09. The number of Topliss-reactive ketones (excluding diaryl/α,β-unsaturated/α-hetero) is 1. The minimum absolute atomic E-state index is 0.440. The Labute approximate surface area is 87.3 Å². The van der Waals surface area contributed by atoms with E-state index in [0.717, 1.165) is 5.56 Å². The van der Waals surface area contributed by atoms with Crippen molar-refractivity contribution in [1.29, 1.82) is 0 Å². The van der Waals surface area contributed by atoms with Crippen molar-refractivity contribution >= 4 is 23.2 Å². The molecule has 0 amide bonds. The summed E-state index contributed by atoms with van der Waals surface area (Å²) in [5.41, 5.74) is 0.895. The van der Waals surface area contributed by atoms with Crippen LogP contribution < -0.4 is 0 Å². The van der Waals surface area contributed by atoms with E-state index in [1.54, 1.807) is 25.1 Å². The first-order chi connectivity index (χ1) is 7.02. The number of carbonyl (C=O) groups excluding carboxylic acids is 1. The molecule has 4 nitrogen and oxygen atoms in total. The van der Waals surface area contributed by atoms with E-state index in [0.29, 0.717) is 5.69 Å². The minimum Gasteiger partial charge on any atom is -0.476 e. The molecule has 0 radical (unpaired) electrons. The number of carboxylic acid groups (broad SMARTS) is 1. The van der Waals surface area contributed by atoms with Crippen LogP contribution in [0, 0.1) is 6.92 Å². The monoisotopic (exact) mass is 205 g/mol.